The van der Waals surface area contributed by atoms with E-state index in [0.29, 0.717) is 5.56 Å². The van der Waals surface area contributed by atoms with Crippen LogP contribution < -0.4 is 0 Å². The van der Waals surface area contributed by atoms with Crippen molar-refractivity contribution in [3.8, 4) is 0 Å². The van der Waals surface area contributed by atoms with Crippen LogP contribution in [0.25, 0.3) is 0 Å². The average Bonchev–Trinajstić information content (AvgIpc) is 3.40. The van der Waals surface area contributed by atoms with E-state index >= 15 is 0 Å². The van der Waals surface area contributed by atoms with Crippen LogP contribution in [0.3, 0.4) is 0 Å². The predicted octanol–water partition coefficient (Wildman–Crippen LogP) is 3.82. The molecule has 3 fully saturated rings. The van der Waals surface area contributed by atoms with Crippen molar-refractivity contribution in [2.75, 3.05) is 0 Å². The summed E-state index contributed by atoms with van der Waals surface area (Å²) in [5.41, 5.74) is 0.246. The molecule has 2 heterocycles. The van der Waals surface area contributed by atoms with Crippen LogP contribution in [0.5, 0.6) is 0 Å². The highest BCUT2D eigenvalue weighted by molar-refractivity contribution is 6.35. The fourth-order valence-corrected chi connectivity index (χ4v) is 6.39. The quantitative estimate of drug-likeness (QED) is 0.521. The first-order valence-electron chi connectivity index (χ1n) is 11.7. The van der Waals surface area contributed by atoms with Gasteiger partial charge in [0.05, 0.1) is 17.9 Å². The van der Waals surface area contributed by atoms with Gasteiger partial charge in [-0.3, -0.25) is 24.1 Å². The first kappa shape index (κ1) is 20.5. The van der Waals surface area contributed by atoms with Gasteiger partial charge in [-0.2, -0.15) is 0 Å². The number of ether oxygens (including phenoxy) is 1. The van der Waals surface area contributed by atoms with Gasteiger partial charge in [-0.05, 0) is 25.3 Å². The Morgan fingerprint density at radius 2 is 1.52 bits per heavy atom. The smallest absolute Gasteiger partial charge is 0.237 e. The highest BCUT2D eigenvalue weighted by Gasteiger charge is 2.75. The molecule has 33 heavy (non-hydrogen) atoms. The number of likely N-dealkylation sites (tertiary alicyclic amines) is 1. The Morgan fingerprint density at radius 1 is 0.848 bits per heavy atom. The number of benzene rings is 2. The second-order valence-electron chi connectivity index (χ2n) is 9.73. The zero-order valence-electron chi connectivity index (χ0n) is 18.5. The third kappa shape index (κ3) is 2.64. The van der Waals surface area contributed by atoms with Gasteiger partial charge in [0.25, 0.3) is 0 Å². The van der Waals surface area contributed by atoms with Crippen LogP contribution in [0.2, 0.25) is 0 Å². The number of ketones is 2. The Labute approximate surface area is 191 Å². The lowest BCUT2D eigenvalue weighted by Crippen LogP contribution is -2.52. The number of amides is 2. The molecular formula is C27H25NO5. The molecule has 0 aromatic heterocycles. The van der Waals surface area contributed by atoms with Crippen LogP contribution in [0.1, 0.15) is 70.1 Å². The van der Waals surface area contributed by atoms with E-state index in [-0.39, 0.29) is 23.1 Å². The summed E-state index contributed by atoms with van der Waals surface area (Å²) in [7, 11) is 0. The topological polar surface area (TPSA) is 80.8 Å². The molecule has 0 bridgehead atoms. The van der Waals surface area contributed by atoms with Gasteiger partial charge in [-0.15, -0.1) is 0 Å². The van der Waals surface area contributed by atoms with E-state index in [9.17, 15) is 19.2 Å². The summed E-state index contributed by atoms with van der Waals surface area (Å²) in [4.78, 5) is 56.5. The number of fused-ring (bicyclic) bond motifs is 3. The normalized spacial score (nSPS) is 28.6. The Morgan fingerprint density at radius 3 is 2.15 bits per heavy atom. The van der Waals surface area contributed by atoms with E-state index in [1.165, 1.54) is 4.90 Å². The maximum atomic E-state index is 13.9. The molecule has 2 aromatic rings. The summed E-state index contributed by atoms with van der Waals surface area (Å²) in [6.07, 6.45) is 3.71. The summed E-state index contributed by atoms with van der Waals surface area (Å²) >= 11 is 0. The van der Waals surface area contributed by atoms with Gasteiger partial charge >= 0.3 is 0 Å². The van der Waals surface area contributed by atoms with Crippen molar-refractivity contribution < 1.29 is 23.9 Å². The summed E-state index contributed by atoms with van der Waals surface area (Å²) in [6.45, 7) is 1.93. The zero-order chi connectivity index (χ0) is 22.9. The molecule has 168 valence electrons. The molecule has 2 aromatic carbocycles. The largest absolute Gasteiger partial charge is 0.349 e. The van der Waals surface area contributed by atoms with Crippen molar-refractivity contribution in [2.45, 2.75) is 56.8 Å². The molecule has 3 atom stereocenters. The second kappa shape index (κ2) is 7.19. The van der Waals surface area contributed by atoms with Crippen molar-refractivity contribution in [1.29, 1.82) is 0 Å². The Kier molecular flexibility index (Phi) is 4.46. The molecule has 2 saturated heterocycles. The molecule has 6 rings (SSSR count). The lowest BCUT2D eigenvalue weighted by atomic mass is 9.77. The molecule has 6 nitrogen and oxygen atoms in total. The van der Waals surface area contributed by atoms with E-state index in [2.05, 4.69) is 0 Å². The fraction of sp³-hybridized carbons (Fsp3) is 0.407. The molecule has 6 heteroatoms. The Balaban J connectivity index is 1.51. The summed E-state index contributed by atoms with van der Waals surface area (Å²) in [5.74, 6) is -3.76. The SMILES string of the molecule is Cc1cccc([C@@H]2OC3(C(=O)c4ccccc4C3=O)[C@H]3C(=O)N(C4CCCCC4)C(=O)[C@H]23)c1. The van der Waals surface area contributed by atoms with Gasteiger partial charge in [-0.25, -0.2) is 0 Å². The van der Waals surface area contributed by atoms with E-state index in [4.69, 9.17) is 4.74 Å². The maximum Gasteiger partial charge on any atom is 0.237 e. The first-order valence-corrected chi connectivity index (χ1v) is 11.7. The van der Waals surface area contributed by atoms with Crippen LogP contribution in [-0.4, -0.2) is 39.9 Å². The molecule has 0 N–H and O–H groups in total. The highest BCUT2D eigenvalue weighted by Crippen LogP contribution is 2.57. The van der Waals surface area contributed by atoms with Crippen molar-refractivity contribution in [2.24, 2.45) is 11.8 Å². The minimum absolute atomic E-state index is 0.173. The number of Topliss-reactive ketones (excluding diaryl/α,β-unsaturated/α-hetero) is 2. The Bertz CT molecular complexity index is 1180. The zero-order valence-corrected chi connectivity index (χ0v) is 18.5. The number of nitrogens with zero attached hydrogens (tertiary/aromatic N) is 1. The number of hydrogen-bond acceptors (Lipinski definition) is 5. The predicted molar refractivity (Wildman–Crippen MR) is 119 cm³/mol. The van der Waals surface area contributed by atoms with Gasteiger partial charge in [0, 0.05) is 17.2 Å². The summed E-state index contributed by atoms with van der Waals surface area (Å²) in [5, 5.41) is 0. The maximum absolute atomic E-state index is 13.9. The second-order valence-corrected chi connectivity index (χ2v) is 9.73. The number of carbonyl (C=O) groups is 4. The van der Waals surface area contributed by atoms with Crippen LogP contribution in [-0.2, 0) is 14.3 Å². The number of rotatable bonds is 2. The highest BCUT2D eigenvalue weighted by atomic mass is 16.5. The molecule has 2 amide bonds. The van der Waals surface area contributed by atoms with Crippen molar-refractivity contribution in [3.05, 3.63) is 70.8 Å². The van der Waals surface area contributed by atoms with Gasteiger partial charge in [0.1, 0.15) is 0 Å². The monoisotopic (exact) mass is 443 g/mol. The molecule has 2 aliphatic heterocycles. The van der Waals surface area contributed by atoms with E-state index < -0.39 is 41.0 Å². The first-order chi connectivity index (χ1) is 15.9. The summed E-state index contributed by atoms with van der Waals surface area (Å²) in [6, 6.07) is 14.0. The third-order valence-corrected chi connectivity index (χ3v) is 7.86. The molecule has 1 spiro atoms. The van der Waals surface area contributed by atoms with Crippen molar-refractivity contribution in [1.82, 2.24) is 4.90 Å². The van der Waals surface area contributed by atoms with Crippen molar-refractivity contribution >= 4 is 23.4 Å². The van der Waals surface area contributed by atoms with E-state index in [1.807, 2.05) is 31.2 Å². The lowest BCUT2D eigenvalue weighted by Gasteiger charge is -2.33. The molecular weight excluding hydrogens is 418 g/mol. The third-order valence-electron chi connectivity index (χ3n) is 7.86. The van der Waals surface area contributed by atoms with Crippen LogP contribution >= 0.6 is 0 Å². The number of hydrogen-bond donors (Lipinski definition) is 0. The van der Waals surface area contributed by atoms with Gasteiger partial charge in [0.2, 0.25) is 29.0 Å². The number of carbonyl (C=O) groups excluding carboxylic acids is 4. The standard InChI is InChI=1S/C27H25NO5/c1-15-8-7-9-16(14-15)22-20-21(26(32)28(25(20)31)17-10-3-2-4-11-17)27(33-22)23(29)18-12-5-6-13-19(18)24(27)30/h5-9,12-14,17,20-22H,2-4,10-11H2,1H3/t20-,21+,22-/m0/s1. The van der Waals surface area contributed by atoms with Gasteiger partial charge in [0.15, 0.2) is 0 Å². The summed E-state index contributed by atoms with van der Waals surface area (Å²) < 4.78 is 6.33. The minimum Gasteiger partial charge on any atom is -0.349 e. The molecule has 2 aliphatic carbocycles. The van der Waals surface area contributed by atoms with Crippen molar-refractivity contribution in [3.63, 3.8) is 0 Å². The molecule has 4 aliphatic rings. The van der Waals surface area contributed by atoms with Crippen LogP contribution in [0, 0.1) is 18.8 Å². The van der Waals surface area contributed by atoms with Gasteiger partial charge < -0.3 is 4.74 Å². The minimum atomic E-state index is -1.97. The number of imide groups is 1. The molecule has 0 radical (unpaired) electrons. The molecule has 0 unspecified atom stereocenters. The van der Waals surface area contributed by atoms with Crippen LogP contribution in [0.4, 0.5) is 0 Å². The van der Waals surface area contributed by atoms with E-state index in [0.717, 1.165) is 37.7 Å². The fourth-order valence-electron chi connectivity index (χ4n) is 6.39. The number of aryl methyl sites for hydroxylation is 1. The average molecular weight is 443 g/mol. The Hall–Kier alpha value is -3.12. The lowest BCUT2D eigenvalue weighted by molar-refractivity contribution is -0.148. The van der Waals surface area contributed by atoms with Gasteiger partial charge in [-0.1, -0.05) is 73.4 Å². The molecule has 1 saturated carbocycles. The van der Waals surface area contributed by atoms with Crippen LogP contribution in [0.15, 0.2) is 48.5 Å². The van der Waals surface area contributed by atoms with E-state index in [1.54, 1.807) is 24.3 Å².